The average Bonchev–Trinajstić information content (AvgIpc) is 2.39. The summed E-state index contributed by atoms with van der Waals surface area (Å²) in [5.74, 6) is 0. The zero-order chi connectivity index (χ0) is 11.4. The lowest BCUT2D eigenvalue weighted by atomic mass is 10.1. The van der Waals surface area contributed by atoms with Crippen molar-refractivity contribution in [1.82, 2.24) is 9.80 Å². The van der Waals surface area contributed by atoms with E-state index in [2.05, 4.69) is 23.6 Å². The molecule has 0 aromatic carbocycles. The summed E-state index contributed by atoms with van der Waals surface area (Å²) in [5.41, 5.74) is 0. The van der Waals surface area contributed by atoms with E-state index in [9.17, 15) is 0 Å². The molecule has 0 spiro atoms. The third kappa shape index (κ3) is 2.96. The molecule has 0 saturated carbocycles. The van der Waals surface area contributed by atoms with Gasteiger partial charge in [-0.1, -0.05) is 6.92 Å². The molecule has 2 fully saturated rings. The minimum absolute atomic E-state index is 0.761. The number of hydrogen-bond donors (Lipinski definition) is 0. The van der Waals surface area contributed by atoms with Crippen molar-refractivity contribution >= 4 is 0 Å². The second-order valence-corrected chi connectivity index (χ2v) is 5.17. The maximum atomic E-state index is 5.43. The molecule has 0 N–H and O–H groups in total. The van der Waals surface area contributed by atoms with Crippen molar-refractivity contribution in [2.75, 3.05) is 39.4 Å². The van der Waals surface area contributed by atoms with Crippen LogP contribution in [0.5, 0.6) is 0 Å². The standard InChI is InChI=1S/C13H26N2O/c1-3-12(2)14-6-8-15(9-7-14)13-4-10-16-11-5-13/h12-13H,3-11H2,1-2H3. The van der Waals surface area contributed by atoms with Gasteiger partial charge in [0.1, 0.15) is 0 Å². The lowest BCUT2D eigenvalue weighted by Crippen LogP contribution is -2.53. The molecule has 1 atom stereocenters. The summed E-state index contributed by atoms with van der Waals surface area (Å²) in [7, 11) is 0. The number of nitrogens with zero attached hydrogens (tertiary/aromatic N) is 2. The van der Waals surface area contributed by atoms with E-state index in [1.807, 2.05) is 0 Å². The molecule has 2 aliphatic heterocycles. The summed E-state index contributed by atoms with van der Waals surface area (Å²) < 4.78 is 5.43. The molecule has 3 nitrogen and oxygen atoms in total. The van der Waals surface area contributed by atoms with Crippen molar-refractivity contribution < 1.29 is 4.74 Å². The van der Waals surface area contributed by atoms with Gasteiger partial charge >= 0.3 is 0 Å². The highest BCUT2D eigenvalue weighted by Gasteiger charge is 2.26. The van der Waals surface area contributed by atoms with E-state index in [-0.39, 0.29) is 0 Å². The van der Waals surface area contributed by atoms with E-state index in [4.69, 9.17) is 4.74 Å². The highest BCUT2D eigenvalue weighted by molar-refractivity contribution is 4.81. The Balaban J connectivity index is 1.75. The van der Waals surface area contributed by atoms with Crippen molar-refractivity contribution in [3.63, 3.8) is 0 Å². The Morgan fingerprint density at radius 2 is 1.75 bits per heavy atom. The van der Waals surface area contributed by atoms with Gasteiger partial charge in [-0.15, -0.1) is 0 Å². The fraction of sp³-hybridized carbons (Fsp3) is 1.00. The maximum Gasteiger partial charge on any atom is 0.0480 e. The summed E-state index contributed by atoms with van der Waals surface area (Å²) in [5, 5.41) is 0. The van der Waals surface area contributed by atoms with Crippen LogP contribution in [0.2, 0.25) is 0 Å². The van der Waals surface area contributed by atoms with Gasteiger partial charge in [0.2, 0.25) is 0 Å². The minimum atomic E-state index is 0.761. The monoisotopic (exact) mass is 226 g/mol. The quantitative estimate of drug-likeness (QED) is 0.727. The lowest BCUT2D eigenvalue weighted by Gasteiger charge is -2.42. The Bertz CT molecular complexity index is 196. The van der Waals surface area contributed by atoms with Gasteiger partial charge in [0.05, 0.1) is 0 Å². The Labute approximate surface area is 99.7 Å². The van der Waals surface area contributed by atoms with Crippen LogP contribution in [0.3, 0.4) is 0 Å². The molecule has 0 amide bonds. The third-order valence-electron chi connectivity index (χ3n) is 4.27. The molecule has 2 saturated heterocycles. The zero-order valence-electron chi connectivity index (χ0n) is 10.8. The molecule has 16 heavy (non-hydrogen) atoms. The van der Waals surface area contributed by atoms with Crippen molar-refractivity contribution in [1.29, 1.82) is 0 Å². The van der Waals surface area contributed by atoms with Crippen LogP contribution in [0.4, 0.5) is 0 Å². The molecular weight excluding hydrogens is 200 g/mol. The molecule has 3 heteroatoms. The minimum Gasteiger partial charge on any atom is -0.381 e. The van der Waals surface area contributed by atoms with E-state index in [1.165, 1.54) is 45.4 Å². The summed E-state index contributed by atoms with van der Waals surface area (Å²) in [6.07, 6.45) is 3.75. The number of hydrogen-bond acceptors (Lipinski definition) is 3. The lowest BCUT2D eigenvalue weighted by molar-refractivity contribution is 0.00749. The number of ether oxygens (including phenoxy) is 1. The zero-order valence-corrected chi connectivity index (χ0v) is 10.8. The second-order valence-electron chi connectivity index (χ2n) is 5.17. The van der Waals surface area contributed by atoms with Crippen molar-refractivity contribution in [2.45, 2.75) is 45.2 Å². The predicted octanol–water partition coefficient (Wildman–Crippen LogP) is 1.58. The molecule has 0 aromatic rings. The van der Waals surface area contributed by atoms with Gasteiger partial charge in [-0.25, -0.2) is 0 Å². The van der Waals surface area contributed by atoms with Crippen LogP contribution in [-0.2, 0) is 4.74 Å². The molecule has 2 aliphatic rings. The normalized spacial score (nSPS) is 28.1. The van der Waals surface area contributed by atoms with Gasteiger partial charge in [0.25, 0.3) is 0 Å². The molecule has 0 radical (unpaired) electrons. The van der Waals surface area contributed by atoms with Crippen LogP contribution in [0.25, 0.3) is 0 Å². The molecule has 0 bridgehead atoms. The van der Waals surface area contributed by atoms with Crippen molar-refractivity contribution in [3.8, 4) is 0 Å². The van der Waals surface area contributed by atoms with Crippen LogP contribution < -0.4 is 0 Å². The van der Waals surface area contributed by atoms with Gasteiger partial charge in [-0.05, 0) is 26.2 Å². The van der Waals surface area contributed by atoms with Gasteiger partial charge in [0, 0.05) is 51.5 Å². The smallest absolute Gasteiger partial charge is 0.0480 e. The molecule has 2 rings (SSSR count). The van der Waals surface area contributed by atoms with E-state index in [0.717, 1.165) is 25.3 Å². The summed E-state index contributed by atoms with van der Waals surface area (Å²) >= 11 is 0. The van der Waals surface area contributed by atoms with E-state index in [0.29, 0.717) is 0 Å². The highest BCUT2D eigenvalue weighted by Crippen LogP contribution is 2.17. The predicted molar refractivity (Wildman–Crippen MR) is 66.7 cm³/mol. The highest BCUT2D eigenvalue weighted by atomic mass is 16.5. The van der Waals surface area contributed by atoms with E-state index < -0.39 is 0 Å². The average molecular weight is 226 g/mol. The molecule has 94 valence electrons. The fourth-order valence-corrected chi connectivity index (χ4v) is 2.85. The van der Waals surface area contributed by atoms with Gasteiger partial charge in [-0.2, -0.15) is 0 Å². The molecule has 0 aromatic heterocycles. The first-order chi connectivity index (χ1) is 7.81. The second kappa shape index (κ2) is 5.99. The van der Waals surface area contributed by atoms with Crippen LogP contribution in [-0.4, -0.2) is 61.3 Å². The summed E-state index contributed by atoms with van der Waals surface area (Å²) in [4.78, 5) is 5.32. The fourth-order valence-electron chi connectivity index (χ4n) is 2.85. The molecule has 0 aliphatic carbocycles. The van der Waals surface area contributed by atoms with E-state index in [1.54, 1.807) is 0 Å². The first-order valence-electron chi connectivity index (χ1n) is 6.87. The van der Waals surface area contributed by atoms with Crippen LogP contribution in [0.15, 0.2) is 0 Å². The Morgan fingerprint density at radius 1 is 1.12 bits per heavy atom. The molecular formula is C13H26N2O. The maximum absolute atomic E-state index is 5.43. The van der Waals surface area contributed by atoms with Crippen LogP contribution in [0.1, 0.15) is 33.1 Å². The Morgan fingerprint density at radius 3 is 2.31 bits per heavy atom. The van der Waals surface area contributed by atoms with Gasteiger partial charge in [0.15, 0.2) is 0 Å². The number of rotatable bonds is 3. The van der Waals surface area contributed by atoms with E-state index >= 15 is 0 Å². The Kier molecular flexibility index (Phi) is 4.62. The first-order valence-corrected chi connectivity index (χ1v) is 6.87. The van der Waals surface area contributed by atoms with Crippen LogP contribution in [0, 0.1) is 0 Å². The SMILES string of the molecule is CCC(C)N1CCN(C2CCOCC2)CC1. The van der Waals surface area contributed by atoms with Crippen molar-refractivity contribution in [2.24, 2.45) is 0 Å². The van der Waals surface area contributed by atoms with Crippen LogP contribution >= 0.6 is 0 Å². The Hall–Kier alpha value is -0.120. The van der Waals surface area contributed by atoms with Gasteiger partial charge < -0.3 is 4.74 Å². The number of piperazine rings is 1. The van der Waals surface area contributed by atoms with Gasteiger partial charge in [-0.3, -0.25) is 9.80 Å². The molecule has 1 unspecified atom stereocenters. The first kappa shape index (κ1) is 12.3. The topological polar surface area (TPSA) is 15.7 Å². The molecule has 2 heterocycles. The summed E-state index contributed by atoms with van der Waals surface area (Å²) in [6, 6.07) is 1.56. The third-order valence-corrected chi connectivity index (χ3v) is 4.27. The summed E-state index contributed by atoms with van der Waals surface area (Å²) in [6.45, 7) is 11.6. The largest absolute Gasteiger partial charge is 0.381 e. The van der Waals surface area contributed by atoms with Crippen molar-refractivity contribution in [3.05, 3.63) is 0 Å².